The average Bonchev–Trinajstić information content (AvgIpc) is 2.96. The molecule has 3 aromatic rings. The zero-order valence-electron chi connectivity index (χ0n) is 13.3. The van der Waals surface area contributed by atoms with Crippen molar-refractivity contribution in [2.75, 3.05) is 7.11 Å². The molecule has 3 rings (SSSR count). The molecule has 0 spiro atoms. The predicted molar refractivity (Wildman–Crippen MR) is 105 cm³/mol. The molecule has 0 unspecified atom stereocenters. The van der Waals surface area contributed by atoms with Crippen LogP contribution in [0.15, 0.2) is 46.9 Å². The van der Waals surface area contributed by atoms with Crippen LogP contribution >= 0.6 is 24.8 Å². The van der Waals surface area contributed by atoms with Gasteiger partial charge in [0.25, 0.3) is 0 Å². The molecule has 1 heterocycles. The summed E-state index contributed by atoms with van der Waals surface area (Å²) in [7, 11) is 1.57. The van der Waals surface area contributed by atoms with Gasteiger partial charge < -0.3 is 20.6 Å². The maximum absolute atomic E-state index is 7.57. The first-order valence-electron chi connectivity index (χ1n) is 6.90. The maximum Gasteiger partial charge on any atom is 0.139 e. The van der Waals surface area contributed by atoms with Gasteiger partial charge in [0.05, 0.1) is 12.7 Å². The van der Waals surface area contributed by atoms with Crippen LogP contribution in [0.25, 0.3) is 22.3 Å². The van der Waals surface area contributed by atoms with Crippen molar-refractivity contribution in [1.82, 2.24) is 0 Å². The Morgan fingerprint density at radius 3 is 2.12 bits per heavy atom. The van der Waals surface area contributed by atoms with E-state index in [-0.39, 0.29) is 36.5 Å². The molecule has 2 aromatic carbocycles. The fourth-order valence-corrected chi connectivity index (χ4v) is 2.41. The molecule has 1 aromatic heterocycles. The highest BCUT2D eigenvalue weighted by Gasteiger charge is 2.14. The Morgan fingerprint density at radius 1 is 0.920 bits per heavy atom. The fraction of sp³-hybridized carbons (Fsp3) is 0.0588. The number of ether oxygens (including phenoxy) is 1. The second-order valence-corrected chi connectivity index (χ2v) is 5.11. The van der Waals surface area contributed by atoms with Crippen LogP contribution in [0, 0.1) is 10.8 Å². The summed E-state index contributed by atoms with van der Waals surface area (Å²) in [5.74, 6) is 1.20. The van der Waals surface area contributed by atoms with E-state index in [1.807, 2.05) is 6.07 Å². The van der Waals surface area contributed by atoms with E-state index >= 15 is 0 Å². The minimum atomic E-state index is -0.0242. The van der Waals surface area contributed by atoms with Crippen LogP contribution in [0.2, 0.25) is 0 Å². The van der Waals surface area contributed by atoms with Gasteiger partial charge in [0.2, 0.25) is 0 Å². The quantitative estimate of drug-likeness (QED) is 0.408. The van der Waals surface area contributed by atoms with E-state index in [1.54, 1.807) is 43.5 Å². The third-order valence-corrected chi connectivity index (χ3v) is 3.60. The van der Waals surface area contributed by atoms with Crippen LogP contribution in [-0.2, 0) is 0 Å². The van der Waals surface area contributed by atoms with Crippen LogP contribution in [0.4, 0.5) is 0 Å². The van der Waals surface area contributed by atoms with E-state index in [1.165, 1.54) is 0 Å². The van der Waals surface area contributed by atoms with Gasteiger partial charge >= 0.3 is 0 Å². The van der Waals surface area contributed by atoms with Crippen LogP contribution in [0.5, 0.6) is 5.75 Å². The first-order valence-corrected chi connectivity index (χ1v) is 6.90. The van der Waals surface area contributed by atoms with Gasteiger partial charge in [-0.2, -0.15) is 0 Å². The minimum absolute atomic E-state index is 0. The van der Waals surface area contributed by atoms with Gasteiger partial charge in [-0.15, -0.1) is 24.8 Å². The topological polar surface area (TPSA) is 122 Å². The number of halogens is 2. The summed E-state index contributed by atoms with van der Waals surface area (Å²) in [6, 6.07) is 12.4. The normalized spacial score (nSPS) is 9.80. The summed E-state index contributed by atoms with van der Waals surface area (Å²) in [5, 5.41) is 15.9. The number of nitrogen functional groups attached to an aromatic ring is 2. The molecule has 0 fully saturated rings. The van der Waals surface area contributed by atoms with E-state index < -0.39 is 0 Å². The number of furan rings is 1. The first-order chi connectivity index (χ1) is 11.0. The molecule has 0 bridgehead atoms. The first kappa shape index (κ1) is 20.3. The number of amidine groups is 2. The van der Waals surface area contributed by atoms with Crippen molar-refractivity contribution in [1.29, 1.82) is 10.8 Å². The highest BCUT2D eigenvalue weighted by atomic mass is 35.5. The summed E-state index contributed by atoms with van der Waals surface area (Å²) in [4.78, 5) is 0. The Bertz CT molecular complexity index is 938. The number of benzene rings is 2. The molecule has 25 heavy (non-hydrogen) atoms. The summed E-state index contributed by atoms with van der Waals surface area (Å²) in [5.41, 5.74) is 13.7. The van der Waals surface area contributed by atoms with Gasteiger partial charge in [-0.1, -0.05) is 0 Å². The lowest BCUT2D eigenvalue weighted by Gasteiger charge is -2.08. The van der Waals surface area contributed by atoms with Crippen molar-refractivity contribution >= 4 is 47.5 Å². The monoisotopic (exact) mass is 380 g/mol. The van der Waals surface area contributed by atoms with Gasteiger partial charge in [0, 0.05) is 16.5 Å². The number of rotatable bonds is 4. The largest absolute Gasteiger partial charge is 0.496 e. The SMILES string of the molecule is COc1ccc(C(=N)N)cc1-c1cc2cc(C(=N)N)ccc2o1.Cl.Cl. The van der Waals surface area contributed by atoms with Gasteiger partial charge in [0.15, 0.2) is 0 Å². The summed E-state index contributed by atoms with van der Waals surface area (Å²) in [6.45, 7) is 0. The number of nitrogens with two attached hydrogens (primary N) is 2. The second-order valence-electron chi connectivity index (χ2n) is 5.11. The Labute approximate surface area is 157 Å². The van der Waals surface area contributed by atoms with E-state index in [0.717, 1.165) is 5.39 Å². The van der Waals surface area contributed by atoms with Crippen molar-refractivity contribution in [2.45, 2.75) is 0 Å². The standard InChI is InChI=1S/C17H16N4O2.2ClH/c1-22-14-5-3-10(17(20)21)7-12(14)15-8-11-6-9(16(18)19)2-4-13(11)23-15;;/h2-8H,1H3,(H3,18,19)(H3,20,21);2*1H. The molecule has 0 aliphatic rings. The maximum atomic E-state index is 7.57. The van der Waals surface area contributed by atoms with E-state index in [9.17, 15) is 0 Å². The summed E-state index contributed by atoms with van der Waals surface area (Å²) < 4.78 is 11.2. The third kappa shape index (κ3) is 3.87. The molecule has 8 heteroatoms. The lowest BCUT2D eigenvalue weighted by atomic mass is 10.1. The molecule has 0 radical (unpaired) electrons. The number of methoxy groups -OCH3 is 1. The molecule has 0 saturated heterocycles. The molecule has 0 aliphatic heterocycles. The molecule has 6 N–H and O–H groups in total. The Balaban J connectivity index is 0.00000156. The lowest BCUT2D eigenvalue weighted by Crippen LogP contribution is -2.11. The molecule has 0 saturated carbocycles. The number of fused-ring (bicyclic) bond motifs is 1. The van der Waals surface area contributed by atoms with Crippen molar-refractivity contribution < 1.29 is 9.15 Å². The molecule has 132 valence electrons. The predicted octanol–water partition coefficient (Wildman–Crippen LogP) is 3.52. The minimum Gasteiger partial charge on any atom is -0.496 e. The molecular formula is C17H18Cl2N4O2. The van der Waals surface area contributed by atoms with Gasteiger partial charge in [-0.05, 0) is 42.5 Å². The fourth-order valence-electron chi connectivity index (χ4n) is 2.41. The Hall–Kier alpha value is -2.70. The van der Waals surface area contributed by atoms with Crippen molar-refractivity contribution in [3.8, 4) is 17.1 Å². The Morgan fingerprint density at radius 2 is 1.52 bits per heavy atom. The van der Waals surface area contributed by atoms with Crippen LogP contribution in [0.3, 0.4) is 0 Å². The van der Waals surface area contributed by atoms with Gasteiger partial charge in [0.1, 0.15) is 28.8 Å². The van der Waals surface area contributed by atoms with E-state index in [4.69, 9.17) is 31.4 Å². The lowest BCUT2D eigenvalue weighted by molar-refractivity contribution is 0.415. The highest BCUT2D eigenvalue weighted by molar-refractivity contribution is 5.99. The van der Waals surface area contributed by atoms with Crippen molar-refractivity contribution in [3.05, 3.63) is 53.6 Å². The van der Waals surface area contributed by atoms with Gasteiger partial charge in [-0.3, -0.25) is 10.8 Å². The van der Waals surface area contributed by atoms with Gasteiger partial charge in [-0.25, -0.2) is 0 Å². The third-order valence-electron chi connectivity index (χ3n) is 3.60. The van der Waals surface area contributed by atoms with Crippen molar-refractivity contribution in [3.63, 3.8) is 0 Å². The highest BCUT2D eigenvalue weighted by Crippen LogP contribution is 2.35. The average molecular weight is 381 g/mol. The summed E-state index contributed by atoms with van der Waals surface area (Å²) >= 11 is 0. The molecule has 6 nitrogen and oxygen atoms in total. The van der Waals surface area contributed by atoms with Crippen molar-refractivity contribution in [2.24, 2.45) is 11.5 Å². The number of nitrogens with one attached hydrogen (secondary N) is 2. The number of hydrogen-bond donors (Lipinski definition) is 4. The van der Waals surface area contributed by atoms with Crippen LogP contribution < -0.4 is 16.2 Å². The second kappa shape index (κ2) is 7.92. The molecular weight excluding hydrogens is 363 g/mol. The Kier molecular flexibility index (Phi) is 6.44. The van der Waals surface area contributed by atoms with Crippen LogP contribution in [0.1, 0.15) is 11.1 Å². The van der Waals surface area contributed by atoms with E-state index in [2.05, 4.69) is 0 Å². The zero-order chi connectivity index (χ0) is 16.6. The van der Waals surface area contributed by atoms with Crippen LogP contribution in [-0.4, -0.2) is 18.8 Å². The zero-order valence-corrected chi connectivity index (χ0v) is 15.0. The molecule has 0 amide bonds. The molecule has 0 atom stereocenters. The number of hydrogen-bond acceptors (Lipinski definition) is 4. The molecule has 0 aliphatic carbocycles. The van der Waals surface area contributed by atoms with E-state index in [0.29, 0.717) is 33.8 Å². The smallest absolute Gasteiger partial charge is 0.139 e. The summed E-state index contributed by atoms with van der Waals surface area (Å²) in [6.07, 6.45) is 0.